The van der Waals surface area contributed by atoms with Crippen LogP contribution in [0.3, 0.4) is 0 Å². The molecule has 2 aromatic heterocycles. The van der Waals surface area contributed by atoms with E-state index in [-0.39, 0.29) is 23.2 Å². The molecule has 7 heteroatoms. The summed E-state index contributed by atoms with van der Waals surface area (Å²) < 4.78 is 8.00. The van der Waals surface area contributed by atoms with Crippen LogP contribution in [0.1, 0.15) is 48.0 Å². The van der Waals surface area contributed by atoms with Crippen LogP contribution in [-0.2, 0) is 6.54 Å². The number of anilines is 2. The molecular weight excluding hydrogens is 354 g/mol. The first-order valence-electron chi connectivity index (χ1n) is 9.85. The molecule has 3 aromatic rings. The van der Waals surface area contributed by atoms with Crippen LogP contribution < -0.4 is 15.4 Å². The first-order valence-corrected chi connectivity index (χ1v) is 9.85. The quantitative estimate of drug-likeness (QED) is 0.754. The number of hydrogen-bond donors (Lipinski definition) is 1. The standard InChI is InChI=1S/C21H23N5O2/c1-2-6-25-7-5-14-10-15(11-16(18(14)25)13-3-4-13)26-8-9-28-20-17(21(26)27)19(22)23-12-24-20/h5,7,10-13H,2-4,6,8-9H2,1H3,(H2,22,23,24). The smallest absolute Gasteiger partial charge is 0.267 e. The molecule has 1 aliphatic heterocycles. The number of aromatic nitrogens is 3. The molecule has 0 saturated heterocycles. The molecule has 2 aliphatic rings. The van der Waals surface area contributed by atoms with Gasteiger partial charge in [-0.3, -0.25) is 4.79 Å². The summed E-state index contributed by atoms with van der Waals surface area (Å²) in [5.41, 5.74) is 9.74. The highest BCUT2D eigenvalue weighted by molar-refractivity contribution is 6.11. The summed E-state index contributed by atoms with van der Waals surface area (Å²) in [5.74, 6) is 0.781. The number of aryl methyl sites for hydroxylation is 1. The van der Waals surface area contributed by atoms with Crippen LogP contribution in [0.25, 0.3) is 10.9 Å². The lowest BCUT2D eigenvalue weighted by atomic mass is 10.0. The summed E-state index contributed by atoms with van der Waals surface area (Å²) >= 11 is 0. The Bertz CT molecular complexity index is 1070. The summed E-state index contributed by atoms with van der Waals surface area (Å²) in [4.78, 5) is 23.1. The van der Waals surface area contributed by atoms with Crippen molar-refractivity contribution in [2.45, 2.75) is 38.6 Å². The molecule has 0 unspecified atom stereocenters. The van der Waals surface area contributed by atoms with Gasteiger partial charge in [-0.25, -0.2) is 9.97 Å². The van der Waals surface area contributed by atoms with Crippen LogP contribution in [0, 0.1) is 0 Å². The second kappa shape index (κ2) is 6.51. The number of amides is 1. The summed E-state index contributed by atoms with van der Waals surface area (Å²) in [7, 11) is 0. The maximum absolute atomic E-state index is 13.3. The second-order valence-electron chi connectivity index (χ2n) is 7.50. The van der Waals surface area contributed by atoms with E-state index < -0.39 is 0 Å². The van der Waals surface area contributed by atoms with Crippen molar-refractivity contribution in [1.29, 1.82) is 0 Å². The number of ether oxygens (including phenoxy) is 1. The van der Waals surface area contributed by atoms with E-state index in [4.69, 9.17) is 10.5 Å². The van der Waals surface area contributed by atoms with E-state index in [0.29, 0.717) is 19.1 Å². The van der Waals surface area contributed by atoms with Crippen LogP contribution in [0.15, 0.2) is 30.7 Å². The van der Waals surface area contributed by atoms with Crippen LogP contribution in [0.4, 0.5) is 11.5 Å². The van der Waals surface area contributed by atoms with Crippen LogP contribution >= 0.6 is 0 Å². The number of benzene rings is 1. The fraction of sp³-hybridized carbons (Fsp3) is 0.381. The van der Waals surface area contributed by atoms with E-state index >= 15 is 0 Å². The Kier molecular flexibility index (Phi) is 3.96. The Morgan fingerprint density at radius 1 is 1.29 bits per heavy atom. The molecule has 1 amide bonds. The monoisotopic (exact) mass is 377 g/mol. The number of nitrogens with two attached hydrogens (primary N) is 1. The zero-order valence-electron chi connectivity index (χ0n) is 15.9. The highest BCUT2D eigenvalue weighted by Gasteiger charge is 2.32. The molecule has 144 valence electrons. The molecule has 0 radical (unpaired) electrons. The summed E-state index contributed by atoms with van der Waals surface area (Å²) in [6.45, 7) is 4.00. The fourth-order valence-electron chi connectivity index (χ4n) is 4.06. The lowest BCUT2D eigenvalue weighted by molar-refractivity contribution is 0.0990. The zero-order valence-corrected chi connectivity index (χ0v) is 15.9. The average molecular weight is 377 g/mol. The van der Waals surface area contributed by atoms with Crippen molar-refractivity contribution < 1.29 is 9.53 Å². The molecule has 3 heterocycles. The van der Waals surface area contributed by atoms with Crippen molar-refractivity contribution in [3.05, 3.63) is 41.9 Å². The largest absolute Gasteiger partial charge is 0.475 e. The third kappa shape index (κ3) is 2.69. The number of rotatable bonds is 4. The molecule has 0 spiro atoms. The van der Waals surface area contributed by atoms with Crippen molar-refractivity contribution in [1.82, 2.24) is 14.5 Å². The number of fused-ring (bicyclic) bond motifs is 2. The molecule has 2 N–H and O–H groups in total. The predicted octanol–water partition coefficient (Wildman–Crippen LogP) is 3.34. The maximum Gasteiger partial charge on any atom is 0.267 e. The van der Waals surface area contributed by atoms with Gasteiger partial charge in [0.1, 0.15) is 24.3 Å². The third-order valence-corrected chi connectivity index (χ3v) is 5.52. The lowest BCUT2D eigenvalue weighted by Crippen LogP contribution is -2.32. The van der Waals surface area contributed by atoms with Crippen molar-refractivity contribution in [2.75, 3.05) is 23.8 Å². The van der Waals surface area contributed by atoms with Gasteiger partial charge in [0, 0.05) is 23.8 Å². The molecule has 1 aromatic carbocycles. The number of carbonyl (C=O) groups is 1. The lowest BCUT2D eigenvalue weighted by Gasteiger charge is -2.22. The molecule has 0 atom stereocenters. The molecule has 1 fully saturated rings. The minimum atomic E-state index is -0.209. The Morgan fingerprint density at radius 3 is 2.93 bits per heavy atom. The van der Waals surface area contributed by atoms with Gasteiger partial charge in [-0.05, 0) is 48.9 Å². The van der Waals surface area contributed by atoms with Crippen LogP contribution in [0.2, 0.25) is 0 Å². The van der Waals surface area contributed by atoms with Crippen molar-refractivity contribution in [2.24, 2.45) is 0 Å². The molecule has 1 aliphatic carbocycles. The predicted molar refractivity (Wildman–Crippen MR) is 108 cm³/mol. The van der Waals surface area contributed by atoms with E-state index in [1.54, 1.807) is 4.90 Å². The van der Waals surface area contributed by atoms with Crippen LogP contribution in [-0.4, -0.2) is 33.6 Å². The molecule has 0 bridgehead atoms. The highest BCUT2D eigenvalue weighted by atomic mass is 16.5. The number of nitrogen functional groups attached to an aromatic ring is 1. The Balaban J connectivity index is 1.63. The molecule has 1 saturated carbocycles. The van der Waals surface area contributed by atoms with Gasteiger partial charge >= 0.3 is 0 Å². The Morgan fingerprint density at radius 2 is 2.14 bits per heavy atom. The third-order valence-electron chi connectivity index (χ3n) is 5.52. The van der Waals surface area contributed by atoms with Gasteiger partial charge in [0.15, 0.2) is 0 Å². The van der Waals surface area contributed by atoms with Crippen molar-refractivity contribution in [3.63, 3.8) is 0 Å². The fourth-order valence-corrected chi connectivity index (χ4v) is 4.06. The van der Waals surface area contributed by atoms with E-state index in [1.807, 2.05) is 0 Å². The van der Waals surface area contributed by atoms with Gasteiger partial charge in [-0.1, -0.05) is 6.92 Å². The Labute approximate surface area is 163 Å². The zero-order chi connectivity index (χ0) is 19.3. The van der Waals surface area contributed by atoms with E-state index in [2.05, 4.69) is 45.9 Å². The van der Waals surface area contributed by atoms with E-state index in [1.165, 1.54) is 35.6 Å². The minimum Gasteiger partial charge on any atom is -0.475 e. The van der Waals surface area contributed by atoms with E-state index in [0.717, 1.165) is 18.7 Å². The average Bonchev–Trinajstić information content (AvgIpc) is 3.48. The summed E-state index contributed by atoms with van der Waals surface area (Å²) in [6.07, 6.45) is 6.98. The maximum atomic E-state index is 13.3. The molecule has 28 heavy (non-hydrogen) atoms. The second-order valence-corrected chi connectivity index (χ2v) is 7.50. The topological polar surface area (TPSA) is 86.3 Å². The number of nitrogens with zero attached hydrogens (tertiary/aromatic N) is 4. The van der Waals surface area contributed by atoms with Gasteiger partial charge in [-0.15, -0.1) is 0 Å². The SMILES string of the molecule is CCCn1ccc2cc(N3CCOc4ncnc(N)c4C3=O)cc(C3CC3)c21. The molecular formula is C21H23N5O2. The number of carbonyl (C=O) groups excluding carboxylic acids is 1. The van der Waals surface area contributed by atoms with Gasteiger partial charge < -0.3 is 19.9 Å². The minimum absolute atomic E-state index is 0.152. The Hall–Kier alpha value is -3.09. The first-order chi connectivity index (χ1) is 13.7. The van der Waals surface area contributed by atoms with Gasteiger partial charge in [0.2, 0.25) is 5.88 Å². The van der Waals surface area contributed by atoms with Crippen molar-refractivity contribution >= 4 is 28.3 Å². The number of hydrogen-bond acceptors (Lipinski definition) is 5. The van der Waals surface area contributed by atoms with Gasteiger partial charge in [-0.2, -0.15) is 0 Å². The summed E-state index contributed by atoms with van der Waals surface area (Å²) in [5, 5.41) is 1.17. The van der Waals surface area contributed by atoms with Crippen LogP contribution in [0.5, 0.6) is 5.88 Å². The molecule has 5 rings (SSSR count). The highest BCUT2D eigenvalue weighted by Crippen LogP contribution is 2.45. The molecule has 7 nitrogen and oxygen atoms in total. The van der Waals surface area contributed by atoms with Crippen molar-refractivity contribution in [3.8, 4) is 5.88 Å². The summed E-state index contributed by atoms with van der Waals surface area (Å²) in [6, 6.07) is 6.41. The van der Waals surface area contributed by atoms with E-state index in [9.17, 15) is 4.79 Å². The first kappa shape index (κ1) is 17.0. The normalized spacial score (nSPS) is 16.8. The van der Waals surface area contributed by atoms with Gasteiger partial charge in [0.05, 0.1) is 12.1 Å². The van der Waals surface area contributed by atoms with Gasteiger partial charge in [0.25, 0.3) is 5.91 Å².